The van der Waals surface area contributed by atoms with Gasteiger partial charge in [0.15, 0.2) is 0 Å². The maximum absolute atomic E-state index is 11.8. The van der Waals surface area contributed by atoms with Gasteiger partial charge in [0, 0.05) is 13.1 Å². The van der Waals surface area contributed by atoms with Crippen LogP contribution in [0.1, 0.15) is 19.8 Å². The van der Waals surface area contributed by atoms with Crippen LogP contribution in [0.25, 0.3) is 0 Å². The highest BCUT2D eigenvalue weighted by Gasteiger charge is 2.24. The van der Waals surface area contributed by atoms with Gasteiger partial charge in [-0.15, -0.1) is 0 Å². The van der Waals surface area contributed by atoms with Crippen molar-refractivity contribution in [2.45, 2.75) is 25.8 Å². The van der Waals surface area contributed by atoms with Gasteiger partial charge >= 0.3 is 0 Å². The predicted octanol–water partition coefficient (Wildman–Crippen LogP) is 1.65. The highest BCUT2D eigenvalue weighted by molar-refractivity contribution is 5.81. The molecular weight excluding hydrogens is 240 g/mol. The molecule has 0 radical (unpaired) electrons. The predicted molar refractivity (Wildman–Crippen MR) is 74.9 cm³/mol. The molecule has 1 aliphatic rings. The lowest BCUT2D eigenvalue weighted by molar-refractivity contribution is -0.133. The van der Waals surface area contributed by atoms with E-state index in [1.807, 2.05) is 35.2 Å². The first-order chi connectivity index (χ1) is 9.16. The first-order valence-electron chi connectivity index (χ1n) is 6.89. The largest absolute Gasteiger partial charge is 0.493 e. The number of piperidine rings is 1. The molecule has 1 heterocycles. The van der Waals surface area contributed by atoms with E-state index >= 15 is 0 Å². The van der Waals surface area contributed by atoms with Gasteiger partial charge < -0.3 is 15.4 Å². The number of nitrogens with zero attached hydrogens (tertiary/aromatic N) is 1. The zero-order chi connectivity index (χ0) is 13.7. The lowest BCUT2D eigenvalue weighted by Crippen LogP contribution is -2.46. The van der Waals surface area contributed by atoms with Gasteiger partial charge in [0.2, 0.25) is 5.91 Å². The zero-order valence-electron chi connectivity index (χ0n) is 11.4. The third-order valence-electron chi connectivity index (χ3n) is 3.54. The molecule has 1 fully saturated rings. The van der Waals surface area contributed by atoms with E-state index in [-0.39, 0.29) is 5.91 Å². The summed E-state index contributed by atoms with van der Waals surface area (Å²) in [6.45, 7) is 4.06. The molecule has 0 unspecified atom stereocenters. The number of amides is 1. The third kappa shape index (κ3) is 3.96. The van der Waals surface area contributed by atoms with Gasteiger partial charge in [-0.3, -0.25) is 4.79 Å². The van der Waals surface area contributed by atoms with Gasteiger partial charge in [0.05, 0.1) is 12.6 Å². The van der Waals surface area contributed by atoms with Crippen LogP contribution in [0.2, 0.25) is 0 Å². The Morgan fingerprint density at radius 1 is 1.37 bits per heavy atom. The number of benzene rings is 1. The summed E-state index contributed by atoms with van der Waals surface area (Å²) in [4.78, 5) is 13.6. The first-order valence-corrected chi connectivity index (χ1v) is 6.89. The number of likely N-dealkylation sites (tertiary alicyclic amines) is 1. The smallest absolute Gasteiger partial charge is 0.239 e. The quantitative estimate of drug-likeness (QED) is 0.897. The number of hydrogen-bond donors (Lipinski definition) is 1. The van der Waals surface area contributed by atoms with Gasteiger partial charge in [0.25, 0.3) is 0 Å². The molecule has 1 aliphatic heterocycles. The molecule has 2 N–H and O–H groups in total. The molecule has 1 atom stereocenters. The number of rotatable bonds is 4. The number of ether oxygens (including phenoxy) is 1. The van der Waals surface area contributed by atoms with Crippen LogP contribution in [0.15, 0.2) is 30.3 Å². The van der Waals surface area contributed by atoms with Crippen molar-refractivity contribution >= 4 is 5.91 Å². The molecular formula is C15H22N2O2. The molecule has 104 valence electrons. The van der Waals surface area contributed by atoms with Crippen molar-refractivity contribution in [3.05, 3.63) is 30.3 Å². The van der Waals surface area contributed by atoms with E-state index < -0.39 is 6.04 Å². The lowest BCUT2D eigenvalue weighted by atomic mass is 9.97. The minimum absolute atomic E-state index is 0.0578. The molecule has 4 nitrogen and oxygen atoms in total. The average Bonchev–Trinajstić information content (AvgIpc) is 2.46. The molecule has 19 heavy (non-hydrogen) atoms. The van der Waals surface area contributed by atoms with Crippen molar-refractivity contribution in [3.63, 3.8) is 0 Å². The van der Waals surface area contributed by atoms with E-state index in [1.54, 1.807) is 6.92 Å². The minimum Gasteiger partial charge on any atom is -0.493 e. The van der Waals surface area contributed by atoms with Crippen molar-refractivity contribution in [1.29, 1.82) is 0 Å². The number of para-hydroxylation sites is 1. The molecule has 0 spiro atoms. The lowest BCUT2D eigenvalue weighted by Gasteiger charge is -2.32. The fourth-order valence-electron chi connectivity index (χ4n) is 2.34. The summed E-state index contributed by atoms with van der Waals surface area (Å²) in [7, 11) is 0. The second-order valence-corrected chi connectivity index (χ2v) is 5.18. The standard InChI is InChI=1S/C15H22N2O2/c1-12(16)15(18)17-9-7-13(8-10-17)11-19-14-5-3-2-4-6-14/h2-6,12-13H,7-11,16H2,1H3/t12-/m1/s1. The van der Waals surface area contributed by atoms with E-state index in [9.17, 15) is 4.79 Å². The Bertz CT molecular complexity index is 398. The molecule has 0 bridgehead atoms. The summed E-state index contributed by atoms with van der Waals surface area (Å²) >= 11 is 0. The first kappa shape index (κ1) is 13.9. The monoisotopic (exact) mass is 262 g/mol. The van der Waals surface area contributed by atoms with Crippen molar-refractivity contribution in [2.75, 3.05) is 19.7 Å². The highest BCUT2D eigenvalue weighted by atomic mass is 16.5. The van der Waals surface area contributed by atoms with Crippen molar-refractivity contribution in [3.8, 4) is 5.75 Å². The van der Waals surface area contributed by atoms with E-state index in [0.717, 1.165) is 38.3 Å². The van der Waals surface area contributed by atoms with Crippen LogP contribution in [0.3, 0.4) is 0 Å². The average molecular weight is 262 g/mol. The van der Waals surface area contributed by atoms with Crippen molar-refractivity contribution in [2.24, 2.45) is 11.7 Å². The summed E-state index contributed by atoms with van der Waals surface area (Å²) in [5.41, 5.74) is 5.62. The number of carbonyl (C=O) groups excluding carboxylic acids is 1. The number of nitrogens with two attached hydrogens (primary N) is 1. The van der Waals surface area contributed by atoms with E-state index in [1.165, 1.54) is 0 Å². The molecule has 1 amide bonds. The molecule has 0 aromatic heterocycles. The normalized spacial score (nSPS) is 18.1. The number of hydrogen-bond acceptors (Lipinski definition) is 3. The van der Waals surface area contributed by atoms with Gasteiger partial charge in [-0.1, -0.05) is 18.2 Å². The Labute approximate surface area is 114 Å². The highest BCUT2D eigenvalue weighted by Crippen LogP contribution is 2.19. The fourth-order valence-corrected chi connectivity index (χ4v) is 2.34. The van der Waals surface area contributed by atoms with Crippen molar-refractivity contribution < 1.29 is 9.53 Å². The maximum Gasteiger partial charge on any atom is 0.239 e. The van der Waals surface area contributed by atoms with E-state index in [4.69, 9.17) is 10.5 Å². The second kappa shape index (κ2) is 6.57. The van der Waals surface area contributed by atoms with Crippen LogP contribution in [0, 0.1) is 5.92 Å². The molecule has 2 rings (SSSR count). The van der Waals surface area contributed by atoms with Gasteiger partial charge in [-0.05, 0) is 37.8 Å². The van der Waals surface area contributed by atoms with Crippen LogP contribution < -0.4 is 10.5 Å². The second-order valence-electron chi connectivity index (χ2n) is 5.18. The molecule has 1 aromatic rings. The summed E-state index contributed by atoms with van der Waals surface area (Å²) < 4.78 is 5.76. The summed E-state index contributed by atoms with van der Waals surface area (Å²) in [5.74, 6) is 1.50. The van der Waals surface area contributed by atoms with Gasteiger partial charge in [0.1, 0.15) is 5.75 Å². The Morgan fingerprint density at radius 3 is 2.58 bits per heavy atom. The number of carbonyl (C=O) groups is 1. The topological polar surface area (TPSA) is 55.6 Å². The van der Waals surface area contributed by atoms with Crippen LogP contribution in [0.4, 0.5) is 0 Å². The van der Waals surface area contributed by atoms with Gasteiger partial charge in [-0.2, -0.15) is 0 Å². The Morgan fingerprint density at radius 2 is 2.00 bits per heavy atom. The third-order valence-corrected chi connectivity index (χ3v) is 3.54. The van der Waals surface area contributed by atoms with Crippen LogP contribution in [0.5, 0.6) is 5.75 Å². The SMILES string of the molecule is C[C@@H](N)C(=O)N1CCC(COc2ccccc2)CC1. The molecule has 4 heteroatoms. The van der Waals surface area contributed by atoms with Crippen LogP contribution in [-0.4, -0.2) is 36.5 Å². The van der Waals surface area contributed by atoms with Gasteiger partial charge in [-0.25, -0.2) is 0 Å². The summed E-state index contributed by atoms with van der Waals surface area (Å²) in [6.07, 6.45) is 1.98. The van der Waals surface area contributed by atoms with Crippen molar-refractivity contribution in [1.82, 2.24) is 4.90 Å². The Balaban J connectivity index is 1.73. The Kier molecular flexibility index (Phi) is 4.80. The molecule has 1 saturated heterocycles. The van der Waals surface area contributed by atoms with E-state index in [0.29, 0.717) is 5.92 Å². The van der Waals surface area contributed by atoms with Crippen LogP contribution >= 0.6 is 0 Å². The summed E-state index contributed by atoms with van der Waals surface area (Å²) in [6, 6.07) is 9.46. The molecule has 0 saturated carbocycles. The molecule has 1 aromatic carbocycles. The molecule has 0 aliphatic carbocycles. The minimum atomic E-state index is -0.392. The maximum atomic E-state index is 11.8. The fraction of sp³-hybridized carbons (Fsp3) is 0.533. The van der Waals surface area contributed by atoms with E-state index in [2.05, 4.69) is 0 Å². The van der Waals surface area contributed by atoms with Crippen LogP contribution in [-0.2, 0) is 4.79 Å². The summed E-state index contributed by atoms with van der Waals surface area (Å²) in [5, 5.41) is 0. The Hall–Kier alpha value is -1.55. The zero-order valence-corrected chi connectivity index (χ0v) is 11.4.